The normalized spacial score (nSPS) is 10.8. The Labute approximate surface area is 109 Å². The highest BCUT2D eigenvalue weighted by molar-refractivity contribution is 6.30. The van der Waals surface area contributed by atoms with Gasteiger partial charge < -0.3 is 0 Å². The molecule has 0 amide bonds. The van der Waals surface area contributed by atoms with E-state index in [1.807, 2.05) is 37.4 Å². The van der Waals surface area contributed by atoms with Gasteiger partial charge in [0, 0.05) is 28.9 Å². The molecular formula is C14H10ClN3. The number of aromatic nitrogens is 3. The van der Waals surface area contributed by atoms with Crippen LogP contribution in [0.4, 0.5) is 0 Å². The van der Waals surface area contributed by atoms with Crippen LogP contribution < -0.4 is 0 Å². The molecule has 0 aliphatic rings. The van der Waals surface area contributed by atoms with Crippen LogP contribution in [0.1, 0.15) is 5.56 Å². The first-order valence-corrected chi connectivity index (χ1v) is 5.95. The first kappa shape index (κ1) is 11.1. The Hall–Kier alpha value is -2.00. The summed E-state index contributed by atoms with van der Waals surface area (Å²) in [4.78, 5) is 12.5. The van der Waals surface area contributed by atoms with E-state index >= 15 is 0 Å². The van der Waals surface area contributed by atoms with Crippen LogP contribution in [0.25, 0.3) is 22.0 Å². The van der Waals surface area contributed by atoms with E-state index in [-0.39, 0.29) is 0 Å². The topological polar surface area (TPSA) is 38.7 Å². The molecule has 0 radical (unpaired) electrons. The Morgan fingerprint density at radius 3 is 2.89 bits per heavy atom. The quantitative estimate of drug-likeness (QED) is 0.623. The van der Waals surface area contributed by atoms with Gasteiger partial charge in [-0.25, -0.2) is 9.97 Å². The molecule has 0 aliphatic heterocycles. The summed E-state index contributed by atoms with van der Waals surface area (Å²) < 4.78 is 0. The molecular weight excluding hydrogens is 246 g/mol. The Morgan fingerprint density at radius 1 is 1.11 bits per heavy atom. The summed E-state index contributed by atoms with van der Waals surface area (Å²) >= 11 is 6.05. The zero-order valence-corrected chi connectivity index (χ0v) is 10.5. The molecule has 1 aromatic carbocycles. The second-order valence-electron chi connectivity index (χ2n) is 4.04. The molecule has 3 rings (SSSR count). The third-order valence-electron chi connectivity index (χ3n) is 2.96. The lowest BCUT2D eigenvalue weighted by Gasteiger charge is -2.08. The number of hydrogen-bond donors (Lipinski definition) is 0. The fraction of sp³-hybridized carbons (Fsp3) is 0.0714. The maximum Gasteiger partial charge on any atom is 0.135 e. The van der Waals surface area contributed by atoms with Crippen molar-refractivity contribution in [2.75, 3.05) is 0 Å². The third kappa shape index (κ3) is 1.73. The van der Waals surface area contributed by atoms with Crippen LogP contribution in [0.15, 0.2) is 43.0 Å². The molecule has 88 valence electrons. The van der Waals surface area contributed by atoms with Gasteiger partial charge in [-0.05, 0) is 18.4 Å². The molecule has 0 aliphatic carbocycles. The maximum absolute atomic E-state index is 6.05. The highest BCUT2D eigenvalue weighted by atomic mass is 35.5. The molecule has 18 heavy (non-hydrogen) atoms. The fourth-order valence-corrected chi connectivity index (χ4v) is 2.16. The molecule has 2 aromatic heterocycles. The van der Waals surface area contributed by atoms with E-state index < -0.39 is 0 Å². The van der Waals surface area contributed by atoms with Crippen molar-refractivity contribution in [1.82, 2.24) is 15.0 Å². The van der Waals surface area contributed by atoms with Gasteiger partial charge in [0.05, 0.1) is 5.69 Å². The largest absolute Gasteiger partial charge is 0.264 e. The predicted molar refractivity (Wildman–Crippen MR) is 72.5 cm³/mol. The van der Waals surface area contributed by atoms with Gasteiger partial charge in [0.2, 0.25) is 0 Å². The van der Waals surface area contributed by atoms with Crippen molar-refractivity contribution in [1.29, 1.82) is 0 Å². The van der Waals surface area contributed by atoms with E-state index in [4.69, 9.17) is 11.6 Å². The standard InChI is InChI=1S/C14H10ClN3/c1-9-13(17-8-18-14(9)15)12-4-2-3-10-7-16-6-5-11(10)12/h2-8H,1H3. The number of nitrogens with zero attached hydrogens (tertiary/aromatic N) is 3. The van der Waals surface area contributed by atoms with Crippen LogP contribution in [-0.4, -0.2) is 15.0 Å². The number of pyridine rings is 1. The Bertz CT molecular complexity index is 720. The first-order chi connectivity index (χ1) is 8.77. The van der Waals surface area contributed by atoms with Gasteiger partial charge in [-0.1, -0.05) is 29.8 Å². The number of halogens is 1. The van der Waals surface area contributed by atoms with Gasteiger partial charge in [-0.2, -0.15) is 0 Å². The summed E-state index contributed by atoms with van der Waals surface area (Å²) in [6.45, 7) is 1.93. The minimum atomic E-state index is 0.492. The Balaban J connectivity index is 2.35. The van der Waals surface area contributed by atoms with Crippen molar-refractivity contribution in [3.8, 4) is 11.3 Å². The minimum absolute atomic E-state index is 0.492. The van der Waals surface area contributed by atoms with E-state index in [9.17, 15) is 0 Å². The Morgan fingerprint density at radius 2 is 2.00 bits per heavy atom. The summed E-state index contributed by atoms with van der Waals surface area (Å²) in [5, 5.41) is 2.69. The van der Waals surface area contributed by atoms with E-state index in [1.165, 1.54) is 6.33 Å². The smallest absolute Gasteiger partial charge is 0.135 e. The number of fused-ring (bicyclic) bond motifs is 1. The van der Waals surface area contributed by atoms with Crippen LogP contribution in [-0.2, 0) is 0 Å². The summed E-state index contributed by atoms with van der Waals surface area (Å²) in [5.41, 5.74) is 2.81. The zero-order valence-electron chi connectivity index (χ0n) is 9.76. The van der Waals surface area contributed by atoms with Crippen molar-refractivity contribution in [3.05, 3.63) is 53.7 Å². The third-order valence-corrected chi connectivity index (χ3v) is 3.34. The number of hydrogen-bond acceptors (Lipinski definition) is 3. The summed E-state index contributed by atoms with van der Waals surface area (Å²) in [6.07, 6.45) is 5.12. The van der Waals surface area contributed by atoms with Gasteiger partial charge in [0.1, 0.15) is 11.5 Å². The van der Waals surface area contributed by atoms with Crippen molar-refractivity contribution in [3.63, 3.8) is 0 Å². The lowest BCUT2D eigenvalue weighted by Crippen LogP contribution is -1.92. The molecule has 2 heterocycles. The molecule has 4 heteroatoms. The van der Waals surface area contributed by atoms with Gasteiger partial charge in [0.15, 0.2) is 0 Å². The molecule has 0 bridgehead atoms. The van der Waals surface area contributed by atoms with E-state index in [2.05, 4.69) is 15.0 Å². The van der Waals surface area contributed by atoms with Gasteiger partial charge in [-0.15, -0.1) is 0 Å². The monoisotopic (exact) mass is 255 g/mol. The highest BCUT2D eigenvalue weighted by Crippen LogP contribution is 2.30. The van der Waals surface area contributed by atoms with Crippen molar-refractivity contribution in [2.45, 2.75) is 6.92 Å². The summed E-state index contributed by atoms with van der Waals surface area (Å²) in [7, 11) is 0. The maximum atomic E-state index is 6.05. The SMILES string of the molecule is Cc1c(Cl)ncnc1-c1cccc2cnccc12. The molecule has 0 unspecified atom stereocenters. The average molecular weight is 256 g/mol. The molecule has 3 nitrogen and oxygen atoms in total. The van der Waals surface area contributed by atoms with E-state index in [0.717, 1.165) is 27.6 Å². The van der Waals surface area contributed by atoms with Crippen LogP contribution in [0.5, 0.6) is 0 Å². The summed E-state index contributed by atoms with van der Waals surface area (Å²) in [5.74, 6) is 0. The first-order valence-electron chi connectivity index (χ1n) is 5.57. The molecule has 0 atom stereocenters. The second-order valence-corrected chi connectivity index (χ2v) is 4.40. The van der Waals surface area contributed by atoms with E-state index in [0.29, 0.717) is 5.15 Å². The van der Waals surface area contributed by atoms with Gasteiger partial charge in [0.25, 0.3) is 0 Å². The second kappa shape index (κ2) is 4.35. The van der Waals surface area contributed by atoms with Crippen molar-refractivity contribution < 1.29 is 0 Å². The van der Waals surface area contributed by atoms with Crippen LogP contribution in [0.3, 0.4) is 0 Å². The lowest BCUT2D eigenvalue weighted by atomic mass is 10.0. The van der Waals surface area contributed by atoms with Gasteiger partial charge in [-0.3, -0.25) is 4.98 Å². The van der Waals surface area contributed by atoms with Crippen LogP contribution in [0.2, 0.25) is 5.15 Å². The lowest BCUT2D eigenvalue weighted by molar-refractivity contribution is 1.14. The van der Waals surface area contributed by atoms with Crippen LogP contribution in [0, 0.1) is 6.92 Å². The number of rotatable bonds is 1. The fourth-order valence-electron chi connectivity index (χ4n) is 2.03. The predicted octanol–water partition coefficient (Wildman–Crippen LogP) is 3.65. The van der Waals surface area contributed by atoms with Crippen molar-refractivity contribution >= 4 is 22.4 Å². The summed E-state index contributed by atoms with van der Waals surface area (Å²) in [6, 6.07) is 8.05. The van der Waals surface area contributed by atoms with E-state index in [1.54, 1.807) is 6.20 Å². The average Bonchev–Trinajstić information content (AvgIpc) is 2.41. The molecule has 0 fully saturated rings. The molecule has 0 spiro atoms. The van der Waals surface area contributed by atoms with Crippen molar-refractivity contribution in [2.24, 2.45) is 0 Å². The highest BCUT2D eigenvalue weighted by Gasteiger charge is 2.10. The number of benzene rings is 1. The van der Waals surface area contributed by atoms with Gasteiger partial charge >= 0.3 is 0 Å². The molecule has 0 N–H and O–H groups in total. The minimum Gasteiger partial charge on any atom is -0.264 e. The molecule has 0 saturated heterocycles. The van der Waals surface area contributed by atoms with Crippen LogP contribution >= 0.6 is 11.6 Å². The molecule has 3 aromatic rings. The molecule has 0 saturated carbocycles. The Kier molecular flexibility index (Phi) is 2.68. The zero-order chi connectivity index (χ0) is 12.5.